The van der Waals surface area contributed by atoms with Crippen molar-refractivity contribution in [3.63, 3.8) is 0 Å². The first-order chi connectivity index (χ1) is 9.08. The number of rotatable bonds is 4. The first-order valence-electron chi connectivity index (χ1n) is 5.32. The number of nitro groups is 1. The molecule has 0 bridgehead atoms. The van der Waals surface area contributed by atoms with Gasteiger partial charge in [-0.15, -0.1) is 11.3 Å². The van der Waals surface area contributed by atoms with Gasteiger partial charge in [-0.05, 0) is 24.3 Å². The normalized spacial score (nSPS) is 10.7. The summed E-state index contributed by atoms with van der Waals surface area (Å²) >= 11 is 1.30. The zero-order chi connectivity index (χ0) is 13.8. The Morgan fingerprint density at radius 1 is 1.26 bits per heavy atom. The van der Waals surface area contributed by atoms with E-state index >= 15 is 0 Å². The van der Waals surface area contributed by atoms with Crippen LogP contribution in [-0.2, 0) is 4.79 Å². The summed E-state index contributed by atoms with van der Waals surface area (Å²) in [6.45, 7) is 0. The standard InChI is InChI=1S/C13H9NO4S/c15-13(16)8-6-9-5-7-12(19-9)10-3-1-2-4-11(10)14(17)18/h1-8H,(H,15,16). The van der Waals surface area contributed by atoms with Gasteiger partial charge in [-0.1, -0.05) is 12.1 Å². The summed E-state index contributed by atoms with van der Waals surface area (Å²) in [7, 11) is 0. The van der Waals surface area contributed by atoms with E-state index in [0.29, 0.717) is 5.56 Å². The van der Waals surface area contributed by atoms with Crippen molar-refractivity contribution in [3.8, 4) is 10.4 Å². The molecule has 19 heavy (non-hydrogen) atoms. The first kappa shape index (κ1) is 13.0. The van der Waals surface area contributed by atoms with Gasteiger partial charge in [0.1, 0.15) is 0 Å². The number of carboxylic acids is 1. The first-order valence-corrected chi connectivity index (χ1v) is 6.14. The fraction of sp³-hybridized carbons (Fsp3) is 0. The Bertz CT molecular complexity index is 660. The molecule has 0 saturated heterocycles. The van der Waals surface area contributed by atoms with Crippen LogP contribution in [0.3, 0.4) is 0 Å². The Morgan fingerprint density at radius 3 is 2.68 bits per heavy atom. The average molecular weight is 275 g/mol. The lowest BCUT2D eigenvalue weighted by Gasteiger charge is -1.98. The molecule has 1 N–H and O–H groups in total. The fourth-order valence-electron chi connectivity index (χ4n) is 1.58. The Morgan fingerprint density at radius 2 is 2.00 bits per heavy atom. The number of carbonyl (C=O) groups is 1. The molecule has 96 valence electrons. The molecule has 1 aromatic heterocycles. The van der Waals surface area contributed by atoms with E-state index in [4.69, 9.17) is 5.11 Å². The summed E-state index contributed by atoms with van der Waals surface area (Å²) in [5.41, 5.74) is 0.575. The van der Waals surface area contributed by atoms with Crippen molar-refractivity contribution >= 4 is 29.1 Å². The molecule has 0 amide bonds. The third kappa shape index (κ3) is 3.05. The van der Waals surface area contributed by atoms with Gasteiger partial charge in [0.25, 0.3) is 5.69 Å². The highest BCUT2D eigenvalue weighted by atomic mass is 32.1. The molecule has 0 fully saturated rings. The highest BCUT2D eigenvalue weighted by Crippen LogP contribution is 2.34. The van der Waals surface area contributed by atoms with Crippen molar-refractivity contribution in [2.24, 2.45) is 0 Å². The number of thiophene rings is 1. The van der Waals surface area contributed by atoms with Crippen LogP contribution in [0.15, 0.2) is 42.5 Å². The van der Waals surface area contributed by atoms with Crippen molar-refractivity contribution in [1.29, 1.82) is 0 Å². The molecule has 0 unspecified atom stereocenters. The molecular formula is C13H9NO4S. The molecule has 0 spiro atoms. The summed E-state index contributed by atoms with van der Waals surface area (Å²) in [4.78, 5) is 22.4. The molecule has 0 aliphatic carbocycles. The topological polar surface area (TPSA) is 80.4 Å². The van der Waals surface area contributed by atoms with Crippen molar-refractivity contribution in [2.75, 3.05) is 0 Å². The van der Waals surface area contributed by atoms with E-state index in [1.54, 1.807) is 30.3 Å². The van der Waals surface area contributed by atoms with Crippen LogP contribution < -0.4 is 0 Å². The highest BCUT2D eigenvalue weighted by molar-refractivity contribution is 7.16. The van der Waals surface area contributed by atoms with Crippen molar-refractivity contribution in [2.45, 2.75) is 0 Å². The number of hydrogen-bond acceptors (Lipinski definition) is 4. The number of para-hydroxylation sites is 1. The Labute approximate surface area is 112 Å². The molecule has 2 aromatic rings. The Hall–Kier alpha value is -2.47. The number of benzene rings is 1. The minimum atomic E-state index is -1.03. The molecule has 2 rings (SSSR count). The summed E-state index contributed by atoms with van der Waals surface area (Å²) < 4.78 is 0. The minimum Gasteiger partial charge on any atom is -0.478 e. The molecule has 1 aromatic carbocycles. The van der Waals surface area contributed by atoms with Crippen LogP contribution in [0.4, 0.5) is 5.69 Å². The van der Waals surface area contributed by atoms with Crippen LogP contribution >= 0.6 is 11.3 Å². The average Bonchev–Trinajstić information content (AvgIpc) is 2.85. The van der Waals surface area contributed by atoms with Gasteiger partial charge in [-0.3, -0.25) is 10.1 Å². The summed E-state index contributed by atoms with van der Waals surface area (Å²) in [5, 5.41) is 19.5. The fourth-order valence-corrected chi connectivity index (χ4v) is 2.53. The van der Waals surface area contributed by atoms with E-state index in [1.807, 2.05) is 0 Å². The zero-order valence-corrected chi connectivity index (χ0v) is 10.5. The van der Waals surface area contributed by atoms with E-state index in [0.717, 1.165) is 15.8 Å². The molecule has 6 heteroatoms. The van der Waals surface area contributed by atoms with Gasteiger partial charge in [0.15, 0.2) is 0 Å². The van der Waals surface area contributed by atoms with Gasteiger partial charge in [0.05, 0.1) is 10.5 Å². The molecule has 0 atom stereocenters. The van der Waals surface area contributed by atoms with Crippen LogP contribution in [0.1, 0.15) is 4.88 Å². The second-order valence-electron chi connectivity index (χ2n) is 3.65. The number of carboxylic acid groups (broad SMARTS) is 1. The molecule has 0 saturated carbocycles. The molecule has 0 aliphatic heterocycles. The third-order valence-electron chi connectivity index (χ3n) is 2.38. The van der Waals surface area contributed by atoms with Crippen LogP contribution in [0.25, 0.3) is 16.5 Å². The Balaban J connectivity index is 2.38. The number of hydrogen-bond donors (Lipinski definition) is 1. The quantitative estimate of drug-likeness (QED) is 0.526. The molecule has 0 radical (unpaired) electrons. The molecule has 5 nitrogen and oxygen atoms in total. The number of nitro benzene ring substituents is 1. The predicted octanol–water partition coefficient (Wildman–Crippen LogP) is 3.42. The second-order valence-corrected chi connectivity index (χ2v) is 4.76. The summed E-state index contributed by atoms with van der Waals surface area (Å²) in [6, 6.07) is 9.94. The van der Waals surface area contributed by atoms with Crippen molar-refractivity contribution < 1.29 is 14.8 Å². The van der Waals surface area contributed by atoms with E-state index < -0.39 is 10.9 Å². The van der Waals surface area contributed by atoms with Crippen LogP contribution in [0, 0.1) is 10.1 Å². The van der Waals surface area contributed by atoms with Gasteiger partial charge in [-0.25, -0.2) is 4.79 Å². The lowest BCUT2D eigenvalue weighted by Crippen LogP contribution is -1.89. The van der Waals surface area contributed by atoms with E-state index in [2.05, 4.69) is 0 Å². The van der Waals surface area contributed by atoms with Gasteiger partial charge in [0, 0.05) is 21.9 Å². The van der Waals surface area contributed by atoms with Gasteiger partial charge < -0.3 is 5.11 Å². The SMILES string of the molecule is O=C(O)C=Cc1ccc(-c2ccccc2[N+](=O)[O-])s1. The maximum absolute atomic E-state index is 10.9. The maximum atomic E-state index is 10.9. The lowest BCUT2D eigenvalue weighted by atomic mass is 10.1. The van der Waals surface area contributed by atoms with Crippen LogP contribution in [-0.4, -0.2) is 16.0 Å². The lowest BCUT2D eigenvalue weighted by molar-refractivity contribution is -0.384. The van der Waals surface area contributed by atoms with Gasteiger partial charge >= 0.3 is 5.97 Å². The second kappa shape index (κ2) is 5.45. The van der Waals surface area contributed by atoms with Crippen molar-refractivity contribution in [3.05, 3.63) is 57.5 Å². The Kier molecular flexibility index (Phi) is 3.72. The number of aliphatic carboxylic acids is 1. The molecular weight excluding hydrogens is 266 g/mol. The smallest absolute Gasteiger partial charge is 0.328 e. The number of nitrogens with zero attached hydrogens (tertiary/aromatic N) is 1. The highest BCUT2D eigenvalue weighted by Gasteiger charge is 2.15. The van der Waals surface area contributed by atoms with E-state index in [1.165, 1.54) is 23.5 Å². The largest absolute Gasteiger partial charge is 0.478 e. The molecule has 0 aliphatic rings. The third-order valence-corrected chi connectivity index (χ3v) is 3.47. The van der Waals surface area contributed by atoms with Crippen LogP contribution in [0.5, 0.6) is 0 Å². The van der Waals surface area contributed by atoms with Crippen LogP contribution in [0.2, 0.25) is 0 Å². The predicted molar refractivity (Wildman–Crippen MR) is 73.1 cm³/mol. The van der Waals surface area contributed by atoms with E-state index in [-0.39, 0.29) is 5.69 Å². The minimum absolute atomic E-state index is 0.0399. The van der Waals surface area contributed by atoms with Gasteiger partial charge in [0.2, 0.25) is 0 Å². The monoisotopic (exact) mass is 275 g/mol. The van der Waals surface area contributed by atoms with E-state index in [9.17, 15) is 14.9 Å². The maximum Gasteiger partial charge on any atom is 0.328 e. The summed E-state index contributed by atoms with van der Waals surface area (Å²) in [5.74, 6) is -1.03. The summed E-state index contributed by atoms with van der Waals surface area (Å²) in [6.07, 6.45) is 2.50. The molecule has 1 heterocycles. The zero-order valence-electron chi connectivity index (χ0n) is 9.65. The van der Waals surface area contributed by atoms with Crippen molar-refractivity contribution in [1.82, 2.24) is 0 Å². The van der Waals surface area contributed by atoms with Gasteiger partial charge in [-0.2, -0.15) is 0 Å².